The number of amides is 1. The summed E-state index contributed by atoms with van der Waals surface area (Å²) in [5, 5.41) is 14.7. The molecule has 1 aliphatic rings. The monoisotopic (exact) mass is 385 g/mol. The molecule has 2 N–H and O–H groups in total. The molecule has 2 heterocycles. The third-order valence-corrected chi connectivity index (χ3v) is 4.37. The van der Waals surface area contributed by atoms with Crippen molar-refractivity contribution in [1.82, 2.24) is 15.6 Å². The van der Waals surface area contributed by atoms with Crippen LogP contribution in [0.2, 0.25) is 0 Å². The van der Waals surface area contributed by atoms with E-state index in [1.54, 1.807) is 6.20 Å². The van der Waals surface area contributed by atoms with Gasteiger partial charge in [-0.15, -0.1) is 12.3 Å². The van der Waals surface area contributed by atoms with Crippen molar-refractivity contribution in [3.8, 4) is 12.3 Å². The van der Waals surface area contributed by atoms with Crippen LogP contribution in [0, 0.1) is 18.3 Å². The first kappa shape index (κ1) is 21.8. The molecule has 0 aromatic carbocycles. The number of nitrogens with zero attached hydrogens (tertiary/aromatic N) is 3. The second-order valence-corrected chi connectivity index (χ2v) is 8.15. The number of hydrogen-bond donors (Lipinski definition) is 2. The molecule has 1 aliphatic heterocycles. The summed E-state index contributed by atoms with van der Waals surface area (Å²) in [6, 6.07) is 3.97. The number of terminal acetylenes is 1. The van der Waals surface area contributed by atoms with E-state index in [-0.39, 0.29) is 11.6 Å². The summed E-state index contributed by atoms with van der Waals surface area (Å²) in [4.78, 5) is 16.2. The van der Waals surface area contributed by atoms with E-state index in [0.717, 1.165) is 37.9 Å². The summed E-state index contributed by atoms with van der Waals surface area (Å²) in [6.07, 6.45) is 11.7. The minimum atomic E-state index is -0.509. The van der Waals surface area contributed by atoms with Crippen LogP contribution in [0.15, 0.2) is 34.8 Å². The van der Waals surface area contributed by atoms with Gasteiger partial charge in [0.2, 0.25) is 0 Å². The molecule has 0 radical (unpaired) electrons. The van der Waals surface area contributed by atoms with Crippen LogP contribution in [0.5, 0.6) is 0 Å². The smallest absolute Gasteiger partial charge is 0.407 e. The summed E-state index contributed by atoms with van der Waals surface area (Å²) in [7, 11) is 0. The van der Waals surface area contributed by atoms with Gasteiger partial charge < -0.3 is 15.4 Å². The molecule has 0 spiro atoms. The van der Waals surface area contributed by atoms with Crippen LogP contribution in [0.25, 0.3) is 0 Å². The molecule has 1 amide bonds. The van der Waals surface area contributed by atoms with E-state index in [0.29, 0.717) is 13.0 Å². The van der Waals surface area contributed by atoms with Gasteiger partial charge in [0.05, 0.1) is 0 Å². The zero-order valence-corrected chi connectivity index (χ0v) is 17.1. The summed E-state index contributed by atoms with van der Waals surface area (Å²) in [5.41, 5.74) is 0.357. The predicted octanol–water partition coefficient (Wildman–Crippen LogP) is 3.32. The Morgan fingerprint density at radius 2 is 2.11 bits per heavy atom. The Balaban J connectivity index is 1.79. The van der Waals surface area contributed by atoms with Crippen molar-refractivity contribution in [2.75, 3.05) is 19.6 Å². The summed E-state index contributed by atoms with van der Waals surface area (Å²) >= 11 is 0. The van der Waals surface area contributed by atoms with Crippen LogP contribution in [0.1, 0.15) is 45.6 Å². The lowest BCUT2D eigenvalue weighted by atomic mass is 10.00. The Kier molecular flexibility index (Phi) is 7.94. The number of hydrogen-bond acceptors (Lipinski definition) is 6. The molecule has 0 bridgehead atoms. The van der Waals surface area contributed by atoms with Crippen molar-refractivity contribution in [3.63, 3.8) is 0 Å². The van der Waals surface area contributed by atoms with Crippen molar-refractivity contribution in [1.29, 1.82) is 0 Å². The minimum absolute atomic E-state index is 0.214. The SMILES string of the molecule is C#CCCC1(CCNCC(CNC(=O)OC(C)(C)C)Cc2cccnc2)N=N1. The fraction of sp³-hybridized carbons (Fsp3) is 0.619. The van der Waals surface area contributed by atoms with E-state index >= 15 is 0 Å². The molecular weight excluding hydrogens is 354 g/mol. The topological polar surface area (TPSA) is 88.0 Å². The van der Waals surface area contributed by atoms with Gasteiger partial charge in [-0.3, -0.25) is 4.98 Å². The van der Waals surface area contributed by atoms with Gasteiger partial charge in [-0.25, -0.2) is 4.79 Å². The molecule has 7 heteroatoms. The maximum Gasteiger partial charge on any atom is 0.407 e. The predicted molar refractivity (Wildman–Crippen MR) is 109 cm³/mol. The summed E-state index contributed by atoms with van der Waals surface area (Å²) in [5.74, 6) is 2.86. The molecule has 1 atom stereocenters. The van der Waals surface area contributed by atoms with Crippen LogP contribution in [0.3, 0.4) is 0 Å². The zero-order valence-electron chi connectivity index (χ0n) is 17.1. The third-order valence-electron chi connectivity index (χ3n) is 4.37. The van der Waals surface area contributed by atoms with Crippen LogP contribution >= 0.6 is 0 Å². The lowest BCUT2D eigenvalue weighted by Gasteiger charge is -2.22. The Labute approximate surface area is 167 Å². The Bertz CT molecular complexity index is 685. The summed E-state index contributed by atoms with van der Waals surface area (Å²) < 4.78 is 5.33. The number of pyridine rings is 1. The van der Waals surface area contributed by atoms with Gasteiger partial charge in [0, 0.05) is 38.2 Å². The number of carbonyl (C=O) groups is 1. The van der Waals surface area contributed by atoms with Crippen molar-refractivity contribution in [2.24, 2.45) is 16.1 Å². The molecular formula is C21H31N5O2. The van der Waals surface area contributed by atoms with E-state index in [4.69, 9.17) is 11.2 Å². The van der Waals surface area contributed by atoms with Gasteiger partial charge in [-0.2, -0.15) is 10.2 Å². The second kappa shape index (κ2) is 10.2. The molecule has 0 saturated heterocycles. The zero-order chi connectivity index (χ0) is 20.5. The fourth-order valence-electron chi connectivity index (χ4n) is 2.87. The first-order chi connectivity index (χ1) is 13.3. The first-order valence-corrected chi connectivity index (χ1v) is 9.76. The van der Waals surface area contributed by atoms with E-state index in [1.165, 1.54) is 0 Å². The highest BCUT2D eigenvalue weighted by Gasteiger charge is 2.38. The van der Waals surface area contributed by atoms with Gasteiger partial charge in [0.1, 0.15) is 5.60 Å². The Hall–Kier alpha value is -2.46. The van der Waals surface area contributed by atoms with E-state index in [2.05, 4.69) is 31.8 Å². The largest absolute Gasteiger partial charge is 0.444 e. The second-order valence-electron chi connectivity index (χ2n) is 8.15. The maximum absolute atomic E-state index is 12.0. The van der Waals surface area contributed by atoms with Crippen LogP contribution in [0.4, 0.5) is 4.79 Å². The molecule has 1 aromatic heterocycles. The van der Waals surface area contributed by atoms with Gasteiger partial charge in [-0.1, -0.05) is 6.07 Å². The highest BCUT2D eigenvalue weighted by molar-refractivity contribution is 5.67. The van der Waals surface area contributed by atoms with E-state index in [1.807, 2.05) is 39.1 Å². The van der Waals surface area contributed by atoms with Crippen molar-refractivity contribution < 1.29 is 9.53 Å². The first-order valence-electron chi connectivity index (χ1n) is 9.76. The van der Waals surface area contributed by atoms with Crippen molar-refractivity contribution >= 4 is 6.09 Å². The lowest BCUT2D eigenvalue weighted by Crippen LogP contribution is -2.39. The maximum atomic E-state index is 12.0. The summed E-state index contributed by atoms with van der Waals surface area (Å²) in [6.45, 7) is 7.64. The molecule has 2 rings (SSSR count). The number of nitrogens with one attached hydrogen (secondary N) is 2. The Morgan fingerprint density at radius 1 is 1.32 bits per heavy atom. The van der Waals surface area contributed by atoms with Crippen molar-refractivity contribution in [3.05, 3.63) is 30.1 Å². The highest BCUT2D eigenvalue weighted by Crippen LogP contribution is 2.36. The van der Waals surface area contributed by atoms with Crippen molar-refractivity contribution in [2.45, 2.75) is 57.7 Å². The third kappa shape index (κ3) is 8.49. The van der Waals surface area contributed by atoms with E-state index in [9.17, 15) is 4.79 Å². The standard InChI is InChI=1S/C21H31N5O2/c1-5-6-9-21(25-26-21)10-12-23-15-18(13-17-8-7-11-22-14-17)16-24-19(27)28-20(2,3)4/h1,7-8,11,14,18,23H,6,9-10,12-13,15-16H2,2-4H3,(H,24,27). The van der Waals surface area contributed by atoms with Gasteiger partial charge in [0.15, 0.2) is 5.66 Å². The quantitative estimate of drug-likeness (QED) is 0.452. The molecule has 1 unspecified atom stereocenters. The average molecular weight is 386 g/mol. The Morgan fingerprint density at radius 3 is 2.71 bits per heavy atom. The molecule has 1 aromatic rings. The van der Waals surface area contributed by atoms with Gasteiger partial charge >= 0.3 is 6.09 Å². The van der Waals surface area contributed by atoms with Crippen LogP contribution in [-0.2, 0) is 11.2 Å². The molecule has 0 fully saturated rings. The van der Waals surface area contributed by atoms with Gasteiger partial charge in [-0.05, 0) is 57.8 Å². The number of rotatable bonds is 11. The highest BCUT2D eigenvalue weighted by atomic mass is 16.6. The average Bonchev–Trinajstić information content (AvgIpc) is 3.41. The normalized spacial score (nSPS) is 15.5. The number of alkyl carbamates (subject to hydrolysis) is 1. The molecule has 0 saturated carbocycles. The number of aromatic nitrogens is 1. The molecule has 152 valence electrons. The molecule has 7 nitrogen and oxygen atoms in total. The van der Waals surface area contributed by atoms with E-state index < -0.39 is 11.7 Å². The lowest BCUT2D eigenvalue weighted by molar-refractivity contribution is 0.0519. The van der Waals surface area contributed by atoms with Crippen LogP contribution < -0.4 is 10.6 Å². The molecule has 0 aliphatic carbocycles. The fourth-order valence-corrected chi connectivity index (χ4v) is 2.87. The van der Waals surface area contributed by atoms with Crippen LogP contribution in [-0.4, -0.2) is 42.0 Å². The number of carbonyl (C=O) groups excluding carboxylic acids is 1. The number of ether oxygens (including phenoxy) is 1. The molecule has 28 heavy (non-hydrogen) atoms. The van der Waals surface area contributed by atoms with Gasteiger partial charge in [0.25, 0.3) is 0 Å². The minimum Gasteiger partial charge on any atom is -0.444 e.